The third kappa shape index (κ3) is 4.21. The standard InChI is InChI=1S/C29H48O3/c1-19(2)7-6-8-20(3)25-11-12-26-24-10-9-22-17-23(32-21(4)31)13-16-29(22,18-30)27(24)14-15-28(25,26)5/h9,19-20,23-27,30H,6-8,10-18H2,1-5H3/t20-,23-,24-,25+,26-,27-,28+,29+/m0/s1. The molecule has 4 aliphatic carbocycles. The van der Waals surface area contributed by atoms with Crippen molar-refractivity contribution in [2.45, 2.75) is 111 Å². The highest BCUT2D eigenvalue weighted by Crippen LogP contribution is 2.67. The lowest BCUT2D eigenvalue weighted by Gasteiger charge is -2.59. The number of aliphatic hydroxyl groups is 1. The molecule has 0 aromatic heterocycles. The molecule has 4 aliphatic rings. The van der Waals surface area contributed by atoms with Gasteiger partial charge in [0.25, 0.3) is 0 Å². The maximum Gasteiger partial charge on any atom is 0.302 e. The first-order chi connectivity index (χ1) is 15.2. The minimum atomic E-state index is -0.172. The monoisotopic (exact) mass is 444 g/mol. The number of rotatable bonds is 7. The predicted molar refractivity (Wildman–Crippen MR) is 130 cm³/mol. The highest BCUT2D eigenvalue weighted by Gasteiger charge is 2.60. The third-order valence-electron chi connectivity index (χ3n) is 10.6. The van der Waals surface area contributed by atoms with E-state index in [2.05, 4.69) is 33.8 Å². The largest absolute Gasteiger partial charge is 0.462 e. The van der Waals surface area contributed by atoms with E-state index in [0.29, 0.717) is 11.3 Å². The Morgan fingerprint density at radius 3 is 2.59 bits per heavy atom. The molecule has 0 aromatic carbocycles. The average molecular weight is 445 g/mol. The van der Waals surface area contributed by atoms with E-state index < -0.39 is 0 Å². The molecule has 0 aromatic rings. The quantitative estimate of drug-likeness (QED) is 0.342. The van der Waals surface area contributed by atoms with Gasteiger partial charge in [-0.1, -0.05) is 58.6 Å². The second-order valence-electron chi connectivity index (χ2n) is 12.7. The molecular weight excluding hydrogens is 396 g/mol. The van der Waals surface area contributed by atoms with Crippen LogP contribution in [-0.4, -0.2) is 23.8 Å². The maximum absolute atomic E-state index is 11.5. The summed E-state index contributed by atoms with van der Waals surface area (Å²) in [6.45, 7) is 11.6. The number of ether oxygens (including phenoxy) is 1. The van der Waals surface area contributed by atoms with E-state index in [1.165, 1.54) is 63.9 Å². The number of aliphatic hydroxyl groups excluding tert-OH is 1. The van der Waals surface area contributed by atoms with E-state index >= 15 is 0 Å². The lowest BCUT2D eigenvalue weighted by Crippen LogP contribution is -2.53. The maximum atomic E-state index is 11.5. The number of esters is 1. The summed E-state index contributed by atoms with van der Waals surface area (Å²) in [5, 5.41) is 10.7. The lowest BCUT2D eigenvalue weighted by molar-refractivity contribution is -0.149. The van der Waals surface area contributed by atoms with Crippen molar-refractivity contribution in [2.24, 2.45) is 46.3 Å². The normalized spacial score (nSPS) is 42.0. The van der Waals surface area contributed by atoms with E-state index in [0.717, 1.165) is 48.9 Å². The first-order valence-electron chi connectivity index (χ1n) is 13.7. The summed E-state index contributed by atoms with van der Waals surface area (Å²) in [4.78, 5) is 11.5. The van der Waals surface area contributed by atoms with Crippen molar-refractivity contribution in [1.29, 1.82) is 0 Å². The zero-order valence-corrected chi connectivity index (χ0v) is 21.4. The molecule has 32 heavy (non-hydrogen) atoms. The second kappa shape index (κ2) is 9.43. The SMILES string of the molecule is CC(=O)O[C@H]1CC[C@@]2(CO)C(=CC[C@@H]3[C@@H]2CC[C@]2(C)[C@@H]([C@@H](C)CCCC(C)C)CC[C@@H]32)C1. The summed E-state index contributed by atoms with van der Waals surface area (Å²) >= 11 is 0. The van der Waals surface area contributed by atoms with E-state index in [4.69, 9.17) is 4.74 Å². The van der Waals surface area contributed by atoms with Crippen molar-refractivity contribution in [3.05, 3.63) is 11.6 Å². The molecule has 0 heterocycles. The second-order valence-corrected chi connectivity index (χ2v) is 12.7. The van der Waals surface area contributed by atoms with Crippen LogP contribution in [-0.2, 0) is 9.53 Å². The van der Waals surface area contributed by atoms with Crippen LogP contribution >= 0.6 is 0 Å². The number of carbonyl (C=O) groups excluding carboxylic acids is 1. The molecule has 8 atom stereocenters. The predicted octanol–water partition coefficient (Wildman–Crippen LogP) is 6.93. The fourth-order valence-electron chi connectivity index (χ4n) is 9.08. The van der Waals surface area contributed by atoms with Crippen molar-refractivity contribution in [1.82, 2.24) is 0 Å². The van der Waals surface area contributed by atoms with Crippen molar-refractivity contribution in [3.8, 4) is 0 Å². The summed E-state index contributed by atoms with van der Waals surface area (Å²) in [6, 6.07) is 0. The van der Waals surface area contributed by atoms with Crippen LogP contribution in [0.5, 0.6) is 0 Å². The first-order valence-corrected chi connectivity index (χ1v) is 13.7. The number of hydrogen-bond acceptors (Lipinski definition) is 3. The molecule has 182 valence electrons. The van der Waals surface area contributed by atoms with Gasteiger partial charge in [0.05, 0.1) is 6.61 Å². The molecular formula is C29H48O3. The van der Waals surface area contributed by atoms with Gasteiger partial charge < -0.3 is 9.84 Å². The highest BCUT2D eigenvalue weighted by molar-refractivity contribution is 5.66. The fourth-order valence-corrected chi connectivity index (χ4v) is 9.08. The Morgan fingerprint density at radius 2 is 1.91 bits per heavy atom. The molecule has 0 bridgehead atoms. The summed E-state index contributed by atoms with van der Waals surface area (Å²) < 4.78 is 5.58. The number of fused-ring (bicyclic) bond motifs is 5. The van der Waals surface area contributed by atoms with Crippen molar-refractivity contribution >= 4 is 5.97 Å². The Bertz CT molecular complexity index is 711. The third-order valence-corrected chi connectivity index (χ3v) is 10.6. The number of hydrogen-bond donors (Lipinski definition) is 1. The molecule has 0 unspecified atom stereocenters. The van der Waals surface area contributed by atoms with E-state index in [9.17, 15) is 9.90 Å². The molecule has 3 fully saturated rings. The summed E-state index contributed by atoms with van der Waals surface area (Å²) in [5.74, 6) is 4.50. The Labute approximate surface area is 196 Å². The van der Waals surface area contributed by atoms with Crippen LogP contribution in [0, 0.1) is 46.3 Å². The van der Waals surface area contributed by atoms with Gasteiger partial charge in [-0.3, -0.25) is 4.79 Å². The topological polar surface area (TPSA) is 46.5 Å². The molecule has 0 spiro atoms. The zero-order valence-electron chi connectivity index (χ0n) is 21.4. The van der Waals surface area contributed by atoms with Crippen LogP contribution in [0.3, 0.4) is 0 Å². The minimum Gasteiger partial charge on any atom is -0.462 e. The molecule has 0 aliphatic heterocycles. The molecule has 1 N–H and O–H groups in total. The van der Waals surface area contributed by atoms with Crippen molar-refractivity contribution in [3.63, 3.8) is 0 Å². The molecule has 0 amide bonds. The zero-order chi connectivity index (χ0) is 23.1. The fraction of sp³-hybridized carbons (Fsp3) is 0.897. The van der Waals surface area contributed by atoms with E-state index in [1.54, 1.807) is 0 Å². The van der Waals surface area contributed by atoms with Crippen LogP contribution < -0.4 is 0 Å². The molecule has 3 nitrogen and oxygen atoms in total. The van der Waals surface area contributed by atoms with Crippen LogP contribution in [0.25, 0.3) is 0 Å². The Balaban J connectivity index is 1.50. The average Bonchev–Trinajstić information content (AvgIpc) is 3.10. The number of carbonyl (C=O) groups is 1. The van der Waals surface area contributed by atoms with E-state index in [-0.39, 0.29) is 24.1 Å². The van der Waals surface area contributed by atoms with Crippen LogP contribution in [0.4, 0.5) is 0 Å². The van der Waals surface area contributed by atoms with Gasteiger partial charge in [0.1, 0.15) is 6.10 Å². The molecule has 4 rings (SSSR count). The van der Waals surface area contributed by atoms with Gasteiger partial charge in [0.2, 0.25) is 0 Å². The van der Waals surface area contributed by atoms with Crippen LogP contribution in [0.2, 0.25) is 0 Å². The van der Waals surface area contributed by atoms with E-state index in [1.807, 2.05) is 0 Å². The van der Waals surface area contributed by atoms with Gasteiger partial charge in [-0.2, -0.15) is 0 Å². The molecule has 3 saturated carbocycles. The van der Waals surface area contributed by atoms with Gasteiger partial charge in [-0.05, 0) is 85.9 Å². The Morgan fingerprint density at radius 1 is 1.12 bits per heavy atom. The summed E-state index contributed by atoms with van der Waals surface area (Å²) in [6.07, 6.45) is 15.9. The number of allylic oxidation sites excluding steroid dienone is 1. The lowest BCUT2D eigenvalue weighted by atomic mass is 9.46. The smallest absolute Gasteiger partial charge is 0.302 e. The summed E-state index contributed by atoms with van der Waals surface area (Å²) in [7, 11) is 0. The first kappa shape index (κ1) is 24.3. The van der Waals surface area contributed by atoms with Crippen LogP contribution in [0.1, 0.15) is 105 Å². The molecule has 0 saturated heterocycles. The molecule has 0 radical (unpaired) electrons. The Kier molecular flexibility index (Phi) is 7.16. The highest BCUT2D eigenvalue weighted by atomic mass is 16.5. The Hall–Kier alpha value is -0.830. The van der Waals surface area contributed by atoms with Gasteiger partial charge in [0.15, 0.2) is 0 Å². The summed E-state index contributed by atoms with van der Waals surface area (Å²) in [5.41, 5.74) is 1.83. The minimum absolute atomic E-state index is 0.00591. The van der Waals surface area contributed by atoms with Crippen molar-refractivity contribution < 1.29 is 14.6 Å². The van der Waals surface area contributed by atoms with Gasteiger partial charge in [-0.25, -0.2) is 0 Å². The van der Waals surface area contributed by atoms with Crippen molar-refractivity contribution in [2.75, 3.05) is 6.61 Å². The van der Waals surface area contributed by atoms with Gasteiger partial charge in [-0.15, -0.1) is 0 Å². The van der Waals surface area contributed by atoms with Crippen LogP contribution in [0.15, 0.2) is 11.6 Å². The van der Waals surface area contributed by atoms with Gasteiger partial charge >= 0.3 is 5.97 Å². The van der Waals surface area contributed by atoms with Gasteiger partial charge in [0, 0.05) is 18.8 Å². The molecule has 3 heteroatoms.